The molecule has 3 rings (SSSR count). The van der Waals surface area contributed by atoms with Gasteiger partial charge in [0.25, 0.3) is 0 Å². The quantitative estimate of drug-likeness (QED) is 0.335. The number of carbonyl (C=O) groups is 2. The number of nitrogens with zero attached hydrogens (tertiary/aromatic N) is 2. The second-order valence-electron chi connectivity index (χ2n) is 9.87. The van der Waals surface area contributed by atoms with Crippen LogP contribution in [-0.4, -0.2) is 82.3 Å². The van der Waals surface area contributed by atoms with Crippen LogP contribution in [0.15, 0.2) is 46.9 Å². The van der Waals surface area contributed by atoms with Crippen molar-refractivity contribution in [3.8, 4) is 0 Å². The van der Waals surface area contributed by atoms with E-state index in [0.717, 1.165) is 16.1 Å². The van der Waals surface area contributed by atoms with Crippen molar-refractivity contribution in [1.29, 1.82) is 0 Å². The van der Waals surface area contributed by atoms with Gasteiger partial charge >= 0.3 is 6.18 Å². The number of anilines is 1. The van der Waals surface area contributed by atoms with E-state index in [1.807, 2.05) is 36.1 Å². The van der Waals surface area contributed by atoms with Gasteiger partial charge in [-0.05, 0) is 55.4 Å². The van der Waals surface area contributed by atoms with Gasteiger partial charge < -0.3 is 30.5 Å². The molecule has 1 aliphatic heterocycles. The topological polar surface area (TPSA) is 85.9 Å². The lowest BCUT2D eigenvalue weighted by Gasteiger charge is -2.38. The van der Waals surface area contributed by atoms with Crippen LogP contribution in [0.2, 0.25) is 0 Å². The molecule has 1 aliphatic rings. The minimum absolute atomic E-state index is 0.0392. The maximum Gasteiger partial charge on any atom is 0.416 e. The number of benzene rings is 2. The molecule has 1 fully saturated rings. The summed E-state index contributed by atoms with van der Waals surface area (Å²) in [6.45, 7) is 4.33. The van der Waals surface area contributed by atoms with Crippen LogP contribution in [0.5, 0.6) is 0 Å². The Balaban J connectivity index is 1.73. The number of rotatable bonds is 12. The zero-order chi connectivity index (χ0) is 29.3. The van der Waals surface area contributed by atoms with Crippen LogP contribution >= 0.6 is 15.9 Å². The first-order valence-electron chi connectivity index (χ1n) is 13.2. The van der Waals surface area contributed by atoms with E-state index in [1.165, 1.54) is 12.1 Å². The summed E-state index contributed by atoms with van der Waals surface area (Å²) in [7, 11) is 3.23. The molecular weight excluding hydrogens is 591 g/mol. The van der Waals surface area contributed by atoms with E-state index in [1.54, 1.807) is 19.1 Å². The van der Waals surface area contributed by atoms with E-state index in [0.29, 0.717) is 50.5 Å². The molecule has 2 atom stereocenters. The van der Waals surface area contributed by atoms with E-state index < -0.39 is 17.8 Å². The second-order valence-corrected chi connectivity index (χ2v) is 10.8. The van der Waals surface area contributed by atoms with Gasteiger partial charge in [-0.1, -0.05) is 28.1 Å². The van der Waals surface area contributed by atoms with Gasteiger partial charge in [-0.3, -0.25) is 9.59 Å². The number of piperazine rings is 1. The number of ether oxygens (including phenoxy) is 1. The summed E-state index contributed by atoms with van der Waals surface area (Å²) in [5.74, 6) is -0.462. The van der Waals surface area contributed by atoms with Crippen LogP contribution in [0.25, 0.3) is 0 Å². The van der Waals surface area contributed by atoms with Gasteiger partial charge in [0.15, 0.2) is 0 Å². The number of likely N-dealkylation sites (N-methyl/N-ethyl adjacent to an activating group) is 1. The van der Waals surface area contributed by atoms with Crippen molar-refractivity contribution in [3.63, 3.8) is 0 Å². The summed E-state index contributed by atoms with van der Waals surface area (Å²) in [5, 5.41) is 8.87. The number of hydrogen-bond donors (Lipinski definition) is 3. The highest BCUT2D eigenvalue weighted by atomic mass is 79.9. The average Bonchev–Trinajstić information content (AvgIpc) is 2.92. The lowest BCUT2D eigenvalue weighted by atomic mass is 10.0. The smallest absolute Gasteiger partial charge is 0.383 e. The third-order valence-corrected chi connectivity index (χ3v) is 7.25. The van der Waals surface area contributed by atoms with Crippen LogP contribution in [0.1, 0.15) is 23.6 Å². The second kappa shape index (κ2) is 14.8. The number of nitrogens with one attached hydrogen (secondary N) is 3. The fourth-order valence-corrected chi connectivity index (χ4v) is 4.92. The minimum atomic E-state index is -4.45. The number of hydrogen-bond acceptors (Lipinski definition) is 6. The zero-order valence-corrected chi connectivity index (χ0v) is 24.6. The van der Waals surface area contributed by atoms with Gasteiger partial charge in [0.1, 0.15) is 6.04 Å². The van der Waals surface area contributed by atoms with Crippen LogP contribution < -0.4 is 20.9 Å². The number of halogens is 4. The van der Waals surface area contributed by atoms with Gasteiger partial charge in [-0.25, -0.2) is 0 Å². The first-order valence-corrected chi connectivity index (χ1v) is 14.0. The maximum atomic E-state index is 13.5. The molecule has 1 unspecified atom stereocenters. The molecule has 0 saturated carbocycles. The van der Waals surface area contributed by atoms with Gasteiger partial charge in [0.05, 0.1) is 18.7 Å². The molecule has 8 nitrogen and oxygen atoms in total. The molecule has 40 heavy (non-hydrogen) atoms. The Labute approximate surface area is 241 Å². The Bertz CT molecular complexity index is 1130. The molecule has 0 aliphatic carbocycles. The van der Waals surface area contributed by atoms with E-state index in [2.05, 4.69) is 31.9 Å². The molecule has 0 spiro atoms. The molecule has 2 aromatic carbocycles. The number of amides is 2. The lowest BCUT2D eigenvalue weighted by molar-refractivity contribution is -0.137. The molecule has 0 bridgehead atoms. The van der Waals surface area contributed by atoms with E-state index in [4.69, 9.17) is 4.74 Å². The summed E-state index contributed by atoms with van der Waals surface area (Å²) < 4.78 is 46.4. The highest BCUT2D eigenvalue weighted by Gasteiger charge is 2.33. The third-order valence-electron chi connectivity index (χ3n) is 6.72. The molecule has 1 saturated heterocycles. The summed E-state index contributed by atoms with van der Waals surface area (Å²) >= 11 is 3.41. The van der Waals surface area contributed by atoms with Crippen molar-refractivity contribution in [1.82, 2.24) is 20.9 Å². The molecule has 2 amide bonds. The van der Waals surface area contributed by atoms with Crippen molar-refractivity contribution >= 4 is 33.4 Å². The predicted molar refractivity (Wildman–Crippen MR) is 152 cm³/mol. The molecule has 0 radical (unpaired) electrons. The molecule has 12 heteroatoms. The minimum Gasteiger partial charge on any atom is -0.383 e. The molecule has 220 valence electrons. The first-order chi connectivity index (χ1) is 19.0. The molecule has 0 aromatic heterocycles. The van der Waals surface area contributed by atoms with Crippen LogP contribution in [0.3, 0.4) is 0 Å². The zero-order valence-electron chi connectivity index (χ0n) is 23.0. The van der Waals surface area contributed by atoms with Gasteiger partial charge in [0.2, 0.25) is 11.8 Å². The molecular formula is C28H37BrF3N5O3. The first kappa shape index (κ1) is 31.9. The summed E-state index contributed by atoms with van der Waals surface area (Å²) in [6, 6.07) is 10.6. The number of alkyl halides is 3. The van der Waals surface area contributed by atoms with E-state index in [9.17, 15) is 22.8 Å². The van der Waals surface area contributed by atoms with Crippen molar-refractivity contribution in [3.05, 3.63) is 63.6 Å². The SMILES string of the molecule is CNCC(=O)N[C@H](Cc1ccc(Br)cc1)C(=O)N1CCN(c2ccc(C(F)(F)F)cc2CNC(C)COC)CC1. The Morgan fingerprint density at radius 3 is 2.35 bits per heavy atom. The van der Waals surface area contributed by atoms with Crippen molar-refractivity contribution < 1.29 is 27.5 Å². The highest BCUT2D eigenvalue weighted by Crippen LogP contribution is 2.33. The Kier molecular flexibility index (Phi) is 11.8. The normalized spacial score (nSPS) is 15.6. The highest BCUT2D eigenvalue weighted by molar-refractivity contribution is 9.10. The van der Waals surface area contributed by atoms with Crippen LogP contribution in [-0.2, 0) is 33.5 Å². The van der Waals surface area contributed by atoms with Crippen molar-refractivity contribution in [2.24, 2.45) is 0 Å². The van der Waals surface area contributed by atoms with Crippen LogP contribution in [0.4, 0.5) is 18.9 Å². The van der Waals surface area contributed by atoms with E-state index >= 15 is 0 Å². The Hall–Kier alpha value is -2.67. The summed E-state index contributed by atoms with van der Waals surface area (Å²) in [5.41, 5.74) is 1.44. The molecule has 1 heterocycles. The van der Waals surface area contributed by atoms with Crippen molar-refractivity contribution in [2.75, 3.05) is 58.4 Å². The predicted octanol–water partition coefficient (Wildman–Crippen LogP) is 3.19. The average molecular weight is 629 g/mol. The van der Waals surface area contributed by atoms with Gasteiger partial charge in [-0.15, -0.1) is 0 Å². The maximum absolute atomic E-state index is 13.5. The van der Waals surface area contributed by atoms with Gasteiger partial charge in [-0.2, -0.15) is 13.2 Å². The molecule has 3 N–H and O–H groups in total. The van der Waals surface area contributed by atoms with E-state index in [-0.39, 0.29) is 30.9 Å². The summed E-state index contributed by atoms with van der Waals surface area (Å²) in [4.78, 5) is 29.6. The monoisotopic (exact) mass is 627 g/mol. The number of methoxy groups -OCH3 is 1. The van der Waals surface area contributed by atoms with Gasteiger partial charge in [0, 0.05) is 62.5 Å². The lowest BCUT2D eigenvalue weighted by Crippen LogP contribution is -2.56. The fraction of sp³-hybridized carbons (Fsp3) is 0.500. The van der Waals surface area contributed by atoms with Crippen molar-refractivity contribution in [2.45, 2.75) is 38.1 Å². The standard InChI is InChI=1S/C28H37BrF3N5O3/c1-19(18-40-3)34-16-21-15-22(28(30,31)32)6-9-25(21)36-10-12-37(13-11-36)27(39)24(35-26(38)17-33-2)14-20-4-7-23(29)8-5-20/h4-9,15,19,24,33-34H,10-14,16-18H2,1-3H3,(H,35,38)/t19?,24-/m1/s1. The Morgan fingerprint density at radius 1 is 1.07 bits per heavy atom. The molecule has 2 aromatic rings. The third kappa shape index (κ3) is 9.18. The Morgan fingerprint density at radius 2 is 1.75 bits per heavy atom. The van der Waals surface area contributed by atoms with Crippen LogP contribution in [0, 0.1) is 0 Å². The largest absolute Gasteiger partial charge is 0.416 e. The fourth-order valence-electron chi connectivity index (χ4n) is 4.66. The summed E-state index contributed by atoms with van der Waals surface area (Å²) in [6.07, 6.45) is -4.10. The number of carbonyl (C=O) groups excluding carboxylic acids is 2.